The van der Waals surface area contributed by atoms with Crippen molar-refractivity contribution in [2.45, 2.75) is 31.8 Å². The van der Waals surface area contributed by atoms with E-state index in [0.29, 0.717) is 12.0 Å². The number of nitrogens with zero attached hydrogens (tertiary/aromatic N) is 2. The summed E-state index contributed by atoms with van der Waals surface area (Å²) in [4.78, 5) is 15.3. The summed E-state index contributed by atoms with van der Waals surface area (Å²) >= 11 is 0. The highest BCUT2D eigenvalue weighted by atomic mass is 32.2. The molecule has 9 heteroatoms. The zero-order valence-electron chi connectivity index (χ0n) is 11.0. The normalized spacial score (nSPS) is 28.6. The quantitative estimate of drug-likeness (QED) is 0.684. The van der Waals surface area contributed by atoms with E-state index in [4.69, 9.17) is 13.7 Å². The first kappa shape index (κ1) is 13.5. The summed E-state index contributed by atoms with van der Waals surface area (Å²) in [6.07, 6.45) is 1.41. The SMILES string of the molecule is Cc1cn2c(nc1=O)OCC1O[C@@H]2C[C@H]1OS(C)(=O)=O. The Hall–Kier alpha value is -1.45. The summed E-state index contributed by atoms with van der Waals surface area (Å²) in [5.41, 5.74) is 0.116. The second-order valence-corrected chi connectivity index (χ2v) is 6.53. The summed E-state index contributed by atoms with van der Waals surface area (Å²) in [6, 6.07) is 0.186. The van der Waals surface area contributed by atoms with Gasteiger partial charge in [-0.1, -0.05) is 0 Å². The van der Waals surface area contributed by atoms with Crippen molar-refractivity contribution in [2.75, 3.05) is 12.9 Å². The number of aromatic nitrogens is 2. The van der Waals surface area contributed by atoms with Crippen LogP contribution in [0.2, 0.25) is 0 Å². The molecule has 1 fully saturated rings. The largest absolute Gasteiger partial charge is 0.462 e. The fraction of sp³-hybridized carbons (Fsp3) is 0.636. The highest BCUT2D eigenvalue weighted by molar-refractivity contribution is 7.86. The lowest BCUT2D eigenvalue weighted by molar-refractivity contribution is -0.0148. The van der Waals surface area contributed by atoms with E-state index in [2.05, 4.69) is 4.98 Å². The van der Waals surface area contributed by atoms with Crippen molar-refractivity contribution in [3.8, 4) is 6.01 Å². The van der Waals surface area contributed by atoms with Gasteiger partial charge in [0.25, 0.3) is 15.7 Å². The molecular formula is C11H14N2O6S. The molecule has 0 saturated carbocycles. The maximum absolute atomic E-state index is 11.5. The van der Waals surface area contributed by atoms with Crippen LogP contribution in [0.3, 0.4) is 0 Å². The van der Waals surface area contributed by atoms with Gasteiger partial charge < -0.3 is 9.47 Å². The molecule has 1 unspecified atom stereocenters. The van der Waals surface area contributed by atoms with E-state index in [0.717, 1.165) is 6.26 Å². The fourth-order valence-corrected chi connectivity index (χ4v) is 3.02. The fourth-order valence-electron chi connectivity index (χ4n) is 2.37. The van der Waals surface area contributed by atoms with E-state index in [9.17, 15) is 13.2 Å². The van der Waals surface area contributed by atoms with Crippen LogP contribution in [0.15, 0.2) is 11.0 Å². The molecular weight excluding hydrogens is 288 g/mol. The van der Waals surface area contributed by atoms with E-state index in [-0.39, 0.29) is 18.2 Å². The number of hydrogen-bond donors (Lipinski definition) is 0. The molecule has 2 aliphatic heterocycles. The van der Waals surface area contributed by atoms with Crippen molar-refractivity contribution >= 4 is 10.1 Å². The summed E-state index contributed by atoms with van der Waals surface area (Å²) < 4.78 is 40.2. The first-order valence-corrected chi connectivity index (χ1v) is 7.91. The molecule has 1 aromatic heterocycles. The van der Waals surface area contributed by atoms with Crippen LogP contribution in [0.1, 0.15) is 18.2 Å². The van der Waals surface area contributed by atoms with Crippen LogP contribution >= 0.6 is 0 Å². The lowest BCUT2D eigenvalue weighted by Gasteiger charge is -2.19. The third kappa shape index (κ3) is 2.43. The van der Waals surface area contributed by atoms with Gasteiger partial charge >= 0.3 is 6.01 Å². The van der Waals surface area contributed by atoms with Crippen molar-refractivity contribution < 1.29 is 22.1 Å². The van der Waals surface area contributed by atoms with Crippen LogP contribution in [0.25, 0.3) is 0 Å². The molecule has 3 rings (SSSR count). The van der Waals surface area contributed by atoms with E-state index in [1.165, 1.54) is 0 Å². The highest BCUT2D eigenvalue weighted by Gasteiger charge is 2.42. The van der Waals surface area contributed by atoms with Gasteiger partial charge in [0.1, 0.15) is 25.0 Å². The summed E-state index contributed by atoms with van der Waals surface area (Å²) in [5, 5.41) is 0. The molecule has 3 heterocycles. The van der Waals surface area contributed by atoms with Crippen LogP contribution < -0.4 is 10.3 Å². The zero-order valence-corrected chi connectivity index (χ0v) is 11.8. The van der Waals surface area contributed by atoms with E-state index < -0.39 is 28.6 Å². The summed E-state index contributed by atoms with van der Waals surface area (Å²) in [6.45, 7) is 1.73. The second-order valence-electron chi connectivity index (χ2n) is 4.93. The molecule has 0 radical (unpaired) electrons. The Morgan fingerprint density at radius 3 is 2.95 bits per heavy atom. The maximum Gasteiger partial charge on any atom is 0.301 e. The third-order valence-corrected chi connectivity index (χ3v) is 3.85. The lowest BCUT2D eigenvalue weighted by atomic mass is 10.2. The molecule has 2 bridgehead atoms. The number of ether oxygens (including phenoxy) is 2. The number of aryl methyl sites for hydroxylation is 1. The molecule has 0 spiro atoms. The van der Waals surface area contributed by atoms with Crippen LogP contribution in [0.4, 0.5) is 0 Å². The topological polar surface area (TPSA) is 96.7 Å². The average molecular weight is 302 g/mol. The molecule has 0 aliphatic carbocycles. The molecule has 0 amide bonds. The zero-order chi connectivity index (χ0) is 14.5. The van der Waals surface area contributed by atoms with Crippen LogP contribution in [0.5, 0.6) is 6.01 Å². The van der Waals surface area contributed by atoms with Gasteiger partial charge in [-0.25, -0.2) is 0 Å². The average Bonchev–Trinajstić information content (AvgIpc) is 2.62. The van der Waals surface area contributed by atoms with Crippen LogP contribution in [0, 0.1) is 6.92 Å². The maximum atomic E-state index is 11.5. The van der Waals surface area contributed by atoms with Gasteiger partial charge in [-0.05, 0) is 6.92 Å². The van der Waals surface area contributed by atoms with Crippen molar-refractivity contribution in [3.63, 3.8) is 0 Å². The molecule has 2 aliphatic rings. The van der Waals surface area contributed by atoms with Crippen LogP contribution in [-0.4, -0.2) is 43.0 Å². The predicted octanol–water partition coefficient (Wildman–Crippen LogP) is -0.424. The number of fused-ring (bicyclic) bond motifs is 4. The van der Waals surface area contributed by atoms with Gasteiger partial charge in [0.15, 0.2) is 0 Å². The number of rotatable bonds is 2. The Balaban J connectivity index is 1.93. The smallest absolute Gasteiger partial charge is 0.301 e. The van der Waals surface area contributed by atoms with Gasteiger partial charge in [0.05, 0.1) is 6.26 Å². The lowest BCUT2D eigenvalue weighted by Crippen LogP contribution is -2.32. The molecule has 3 atom stereocenters. The molecule has 0 N–H and O–H groups in total. The van der Waals surface area contributed by atoms with Crippen molar-refractivity contribution in [3.05, 3.63) is 22.1 Å². The molecule has 20 heavy (non-hydrogen) atoms. The Morgan fingerprint density at radius 2 is 2.25 bits per heavy atom. The van der Waals surface area contributed by atoms with E-state index >= 15 is 0 Å². The molecule has 1 saturated heterocycles. The predicted molar refractivity (Wildman–Crippen MR) is 67.0 cm³/mol. The number of hydrogen-bond acceptors (Lipinski definition) is 7. The Kier molecular flexibility index (Phi) is 3.07. The monoisotopic (exact) mass is 302 g/mol. The molecule has 110 valence electrons. The minimum Gasteiger partial charge on any atom is -0.462 e. The van der Waals surface area contributed by atoms with Crippen molar-refractivity contribution in [2.24, 2.45) is 0 Å². The Bertz CT molecular complexity index is 697. The van der Waals surface area contributed by atoms with Gasteiger partial charge in [-0.15, -0.1) is 0 Å². The minimum atomic E-state index is -3.56. The van der Waals surface area contributed by atoms with Crippen molar-refractivity contribution in [1.29, 1.82) is 0 Å². The second kappa shape index (κ2) is 4.54. The Morgan fingerprint density at radius 1 is 1.50 bits per heavy atom. The van der Waals surface area contributed by atoms with Gasteiger partial charge in [-0.3, -0.25) is 13.5 Å². The standard InChI is InChI=1S/C11H14N2O6S/c1-6-4-13-9-3-7(19-20(2,15)16)8(18-9)5-17-11(13)12-10(6)14/h4,7-9H,3,5H2,1-2H3/t7-,8?,9-/m1/s1. The molecule has 0 aromatic carbocycles. The van der Waals surface area contributed by atoms with Gasteiger partial charge in [-0.2, -0.15) is 13.4 Å². The van der Waals surface area contributed by atoms with Crippen LogP contribution in [-0.2, 0) is 19.0 Å². The summed E-state index contributed by atoms with van der Waals surface area (Å²) in [5.74, 6) is 0. The first-order valence-electron chi connectivity index (χ1n) is 6.10. The minimum absolute atomic E-state index is 0.0895. The van der Waals surface area contributed by atoms with Crippen molar-refractivity contribution in [1.82, 2.24) is 9.55 Å². The molecule has 1 aromatic rings. The highest BCUT2D eigenvalue weighted by Crippen LogP contribution is 2.36. The van der Waals surface area contributed by atoms with Gasteiger partial charge in [0, 0.05) is 18.2 Å². The first-order chi connectivity index (χ1) is 9.33. The third-order valence-electron chi connectivity index (χ3n) is 3.25. The van der Waals surface area contributed by atoms with E-state index in [1.54, 1.807) is 17.7 Å². The Labute approximate surface area is 115 Å². The summed E-state index contributed by atoms with van der Waals surface area (Å²) in [7, 11) is -3.56. The molecule has 8 nitrogen and oxygen atoms in total. The van der Waals surface area contributed by atoms with Gasteiger partial charge in [0.2, 0.25) is 0 Å². The van der Waals surface area contributed by atoms with E-state index in [1.807, 2.05) is 0 Å².